The molecular formula is C11H11F2N3. The molecule has 16 heavy (non-hydrogen) atoms. The van der Waals surface area contributed by atoms with Crippen LogP contribution in [-0.4, -0.2) is 24.0 Å². The Morgan fingerprint density at radius 1 is 1.31 bits per heavy atom. The Bertz CT molecular complexity index is 415. The van der Waals surface area contributed by atoms with Crippen LogP contribution in [0.1, 0.15) is 18.5 Å². The van der Waals surface area contributed by atoms with Gasteiger partial charge in [0.1, 0.15) is 17.6 Å². The normalized spacial score (nSPS) is 19.2. The van der Waals surface area contributed by atoms with Crippen LogP contribution in [0.4, 0.5) is 14.6 Å². The molecular weight excluding hydrogens is 212 g/mol. The molecule has 0 amide bonds. The van der Waals surface area contributed by atoms with Crippen LogP contribution in [0.5, 0.6) is 0 Å². The van der Waals surface area contributed by atoms with Gasteiger partial charge in [-0.25, -0.2) is 13.8 Å². The summed E-state index contributed by atoms with van der Waals surface area (Å²) < 4.78 is 25.9. The highest BCUT2D eigenvalue weighted by atomic mass is 19.3. The molecule has 5 heteroatoms. The number of nitrogens with zero attached hydrogens (tertiary/aromatic N) is 3. The Hall–Kier alpha value is -1.70. The van der Waals surface area contributed by atoms with Crippen molar-refractivity contribution in [2.75, 3.05) is 18.0 Å². The number of pyridine rings is 1. The highest BCUT2D eigenvalue weighted by molar-refractivity contribution is 5.42. The van der Waals surface area contributed by atoms with Crippen molar-refractivity contribution in [3.05, 3.63) is 23.9 Å². The molecule has 0 unspecified atom stereocenters. The lowest BCUT2D eigenvalue weighted by Gasteiger charge is -2.32. The highest BCUT2D eigenvalue weighted by Gasteiger charge is 2.34. The number of hydrogen-bond acceptors (Lipinski definition) is 3. The van der Waals surface area contributed by atoms with E-state index in [1.807, 2.05) is 6.07 Å². The standard InChI is InChI=1S/C11H11F2N3/c12-11(13)4-6-16(7-5-11)10-3-1-2-9(8-14)15-10/h1-3H,4-7H2. The first-order valence-electron chi connectivity index (χ1n) is 5.11. The van der Waals surface area contributed by atoms with Gasteiger partial charge in [0.05, 0.1) is 0 Å². The summed E-state index contributed by atoms with van der Waals surface area (Å²) in [4.78, 5) is 5.87. The van der Waals surface area contributed by atoms with Crippen LogP contribution in [-0.2, 0) is 0 Å². The molecule has 1 fully saturated rings. The van der Waals surface area contributed by atoms with Crippen molar-refractivity contribution >= 4 is 5.82 Å². The lowest BCUT2D eigenvalue weighted by molar-refractivity contribution is -0.0221. The van der Waals surface area contributed by atoms with Gasteiger partial charge in [0.25, 0.3) is 5.92 Å². The molecule has 1 aromatic rings. The van der Waals surface area contributed by atoms with Crippen LogP contribution in [0.25, 0.3) is 0 Å². The summed E-state index contributed by atoms with van der Waals surface area (Å²) >= 11 is 0. The molecule has 0 saturated carbocycles. The predicted molar refractivity (Wildman–Crippen MR) is 55.3 cm³/mol. The molecule has 2 rings (SSSR count). The molecule has 0 atom stereocenters. The fraction of sp³-hybridized carbons (Fsp3) is 0.455. The third-order valence-electron chi connectivity index (χ3n) is 2.67. The summed E-state index contributed by atoms with van der Waals surface area (Å²) in [6.45, 7) is 0.573. The highest BCUT2D eigenvalue weighted by Crippen LogP contribution is 2.29. The second-order valence-electron chi connectivity index (χ2n) is 3.84. The van der Waals surface area contributed by atoms with Crippen LogP contribution in [0.2, 0.25) is 0 Å². The van der Waals surface area contributed by atoms with Crippen molar-refractivity contribution < 1.29 is 8.78 Å². The Balaban J connectivity index is 2.11. The fourth-order valence-electron chi connectivity index (χ4n) is 1.72. The van der Waals surface area contributed by atoms with Gasteiger partial charge in [0.2, 0.25) is 0 Å². The third kappa shape index (κ3) is 2.27. The van der Waals surface area contributed by atoms with E-state index in [2.05, 4.69) is 4.98 Å². The average molecular weight is 223 g/mol. The zero-order valence-corrected chi connectivity index (χ0v) is 8.66. The van der Waals surface area contributed by atoms with Crippen molar-refractivity contribution in [3.63, 3.8) is 0 Å². The minimum absolute atomic E-state index is 0.147. The number of nitriles is 1. The molecule has 1 saturated heterocycles. The summed E-state index contributed by atoms with van der Waals surface area (Å²) in [5.41, 5.74) is 0.315. The number of aromatic nitrogens is 1. The zero-order chi connectivity index (χ0) is 11.6. The van der Waals surface area contributed by atoms with Gasteiger partial charge in [-0.05, 0) is 12.1 Å². The van der Waals surface area contributed by atoms with E-state index < -0.39 is 5.92 Å². The van der Waals surface area contributed by atoms with Gasteiger partial charge in [-0.15, -0.1) is 0 Å². The maximum atomic E-state index is 12.9. The van der Waals surface area contributed by atoms with Crippen molar-refractivity contribution in [1.82, 2.24) is 4.98 Å². The predicted octanol–water partition coefficient (Wildman–Crippen LogP) is 2.19. The number of hydrogen-bond donors (Lipinski definition) is 0. The van der Waals surface area contributed by atoms with Crippen molar-refractivity contribution in [1.29, 1.82) is 5.26 Å². The molecule has 0 N–H and O–H groups in total. The molecule has 1 aliphatic heterocycles. The van der Waals surface area contributed by atoms with Crippen LogP contribution in [0, 0.1) is 11.3 Å². The number of rotatable bonds is 1. The van der Waals surface area contributed by atoms with Crippen LogP contribution >= 0.6 is 0 Å². The summed E-state index contributed by atoms with van der Waals surface area (Å²) in [6, 6.07) is 6.99. The Kier molecular flexibility index (Phi) is 2.73. The summed E-state index contributed by atoms with van der Waals surface area (Å²) in [7, 11) is 0. The quantitative estimate of drug-likeness (QED) is 0.732. The minimum atomic E-state index is -2.55. The first-order valence-corrected chi connectivity index (χ1v) is 5.11. The molecule has 2 heterocycles. The van der Waals surface area contributed by atoms with Gasteiger partial charge < -0.3 is 4.90 Å². The van der Waals surface area contributed by atoms with E-state index in [9.17, 15) is 8.78 Å². The lowest BCUT2D eigenvalue weighted by atomic mass is 10.1. The average Bonchev–Trinajstić information content (AvgIpc) is 2.29. The maximum absolute atomic E-state index is 12.9. The van der Waals surface area contributed by atoms with Crippen LogP contribution in [0.3, 0.4) is 0 Å². The minimum Gasteiger partial charge on any atom is -0.356 e. The first kappa shape index (κ1) is 10.8. The van der Waals surface area contributed by atoms with Gasteiger partial charge in [-0.2, -0.15) is 5.26 Å². The topological polar surface area (TPSA) is 39.9 Å². The molecule has 0 aliphatic carbocycles. The zero-order valence-electron chi connectivity index (χ0n) is 8.66. The second kappa shape index (κ2) is 4.05. The molecule has 1 aromatic heterocycles. The van der Waals surface area contributed by atoms with Crippen molar-refractivity contribution in [3.8, 4) is 6.07 Å². The van der Waals surface area contributed by atoms with Gasteiger partial charge in [0.15, 0.2) is 0 Å². The largest absolute Gasteiger partial charge is 0.356 e. The van der Waals surface area contributed by atoms with E-state index in [0.29, 0.717) is 11.5 Å². The van der Waals surface area contributed by atoms with Gasteiger partial charge in [0, 0.05) is 25.9 Å². The third-order valence-corrected chi connectivity index (χ3v) is 2.67. The lowest BCUT2D eigenvalue weighted by Crippen LogP contribution is -2.39. The van der Waals surface area contributed by atoms with E-state index in [0.717, 1.165) is 0 Å². The molecule has 0 radical (unpaired) electrons. The molecule has 0 spiro atoms. The van der Waals surface area contributed by atoms with E-state index in [1.165, 1.54) is 0 Å². The maximum Gasteiger partial charge on any atom is 0.251 e. The van der Waals surface area contributed by atoms with Gasteiger partial charge in [-0.1, -0.05) is 6.07 Å². The van der Waals surface area contributed by atoms with Crippen molar-refractivity contribution in [2.45, 2.75) is 18.8 Å². The van der Waals surface area contributed by atoms with E-state index in [4.69, 9.17) is 5.26 Å². The summed E-state index contributed by atoms with van der Waals surface area (Å²) in [6.07, 6.45) is -0.295. The van der Waals surface area contributed by atoms with Crippen LogP contribution < -0.4 is 4.90 Å². The summed E-state index contributed by atoms with van der Waals surface area (Å²) in [5, 5.41) is 8.69. The molecule has 1 aliphatic rings. The fourth-order valence-corrected chi connectivity index (χ4v) is 1.72. The molecule has 0 aromatic carbocycles. The smallest absolute Gasteiger partial charge is 0.251 e. The van der Waals surface area contributed by atoms with E-state index in [-0.39, 0.29) is 25.9 Å². The van der Waals surface area contributed by atoms with Gasteiger partial charge in [-0.3, -0.25) is 0 Å². The first-order chi connectivity index (χ1) is 7.61. The number of halogens is 2. The molecule has 84 valence electrons. The second-order valence-corrected chi connectivity index (χ2v) is 3.84. The Morgan fingerprint density at radius 2 is 2.00 bits per heavy atom. The van der Waals surface area contributed by atoms with E-state index >= 15 is 0 Å². The van der Waals surface area contributed by atoms with E-state index in [1.54, 1.807) is 23.1 Å². The molecule has 0 bridgehead atoms. The monoisotopic (exact) mass is 223 g/mol. The Morgan fingerprint density at radius 3 is 2.62 bits per heavy atom. The van der Waals surface area contributed by atoms with Gasteiger partial charge >= 0.3 is 0 Å². The number of alkyl halides is 2. The van der Waals surface area contributed by atoms with Crippen molar-refractivity contribution in [2.24, 2.45) is 0 Å². The number of anilines is 1. The SMILES string of the molecule is N#Cc1cccc(N2CCC(F)(F)CC2)n1. The Labute approximate surface area is 92.3 Å². The molecule has 3 nitrogen and oxygen atoms in total. The van der Waals surface area contributed by atoms with Crippen LogP contribution in [0.15, 0.2) is 18.2 Å². The summed E-state index contributed by atoms with van der Waals surface area (Å²) in [5.74, 6) is -1.95. The number of piperidine rings is 1.